The van der Waals surface area contributed by atoms with Gasteiger partial charge in [-0.3, -0.25) is 4.79 Å². The maximum atomic E-state index is 14.0. The van der Waals surface area contributed by atoms with Gasteiger partial charge in [0.2, 0.25) is 0 Å². The van der Waals surface area contributed by atoms with Crippen LogP contribution in [0.3, 0.4) is 0 Å². The molecule has 0 spiro atoms. The number of aryl methyl sites for hydroxylation is 1. The molecule has 42 heavy (non-hydrogen) atoms. The molecule has 212 valence electrons. The molecule has 1 N–H and O–H groups in total. The molecule has 2 aromatic heterocycles. The Morgan fingerprint density at radius 1 is 0.976 bits per heavy atom. The minimum Gasteiger partial charge on any atom is -0.496 e. The second kappa shape index (κ2) is 11.5. The molecule has 1 aliphatic rings. The van der Waals surface area contributed by atoms with Crippen molar-refractivity contribution in [3.63, 3.8) is 0 Å². The van der Waals surface area contributed by atoms with Gasteiger partial charge in [0, 0.05) is 11.1 Å². The van der Waals surface area contributed by atoms with Crippen molar-refractivity contribution in [1.82, 2.24) is 10.1 Å². The molecule has 0 aliphatic heterocycles. The quantitative estimate of drug-likeness (QED) is 0.181. The molecule has 1 saturated carbocycles. The molecular formula is C34H30FN3O4. The lowest BCUT2D eigenvalue weighted by Gasteiger charge is -2.14. The van der Waals surface area contributed by atoms with Crippen LogP contribution < -0.4 is 10.1 Å². The van der Waals surface area contributed by atoms with E-state index in [9.17, 15) is 9.18 Å². The lowest BCUT2D eigenvalue weighted by molar-refractivity contribution is -0.150. The maximum Gasteiger partial charge on any atom is 0.309 e. The van der Waals surface area contributed by atoms with Crippen LogP contribution in [0.2, 0.25) is 0 Å². The van der Waals surface area contributed by atoms with E-state index in [4.69, 9.17) is 14.0 Å². The van der Waals surface area contributed by atoms with Crippen molar-refractivity contribution in [2.45, 2.75) is 32.8 Å². The SMILES string of the molecule is COc1ccc(F)cc1-c1cccc(Nc2c(C)noc2-c2ccc(-c3ccc(C(C)OC(=O)C4CC4)cc3)cc2)n1. The van der Waals surface area contributed by atoms with Crippen molar-refractivity contribution in [2.75, 3.05) is 12.4 Å². The minimum atomic E-state index is -0.369. The highest BCUT2D eigenvalue weighted by Gasteiger charge is 2.32. The Labute approximate surface area is 243 Å². The molecule has 0 saturated heterocycles. The number of carbonyl (C=O) groups excluding carboxylic acids is 1. The van der Waals surface area contributed by atoms with E-state index in [2.05, 4.69) is 15.5 Å². The largest absolute Gasteiger partial charge is 0.496 e. The number of hydrogen-bond acceptors (Lipinski definition) is 7. The van der Waals surface area contributed by atoms with Crippen LogP contribution in [0, 0.1) is 18.7 Å². The van der Waals surface area contributed by atoms with E-state index in [0.29, 0.717) is 40.0 Å². The van der Waals surface area contributed by atoms with Gasteiger partial charge >= 0.3 is 5.97 Å². The van der Waals surface area contributed by atoms with Crippen molar-refractivity contribution in [1.29, 1.82) is 0 Å². The summed E-state index contributed by atoms with van der Waals surface area (Å²) in [7, 11) is 1.54. The maximum absolute atomic E-state index is 14.0. The number of anilines is 2. The molecule has 2 heterocycles. The van der Waals surface area contributed by atoms with Crippen LogP contribution in [0.5, 0.6) is 5.75 Å². The number of carbonyl (C=O) groups is 1. The highest BCUT2D eigenvalue weighted by Crippen LogP contribution is 2.36. The zero-order chi connectivity index (χ0) is 29.2. The first kappa shape index (κ1) is 27.2. The van der Waals surface area contributed by atoms with E-state index in [0.717, 1.165) is 35.1 Å². The molecule has 0 radical (unpaired) electrons. The van der Waals surface area contributed by atoms with Gasteiger partial charge in [-0.25, -0.2) is 9.37 Å². The highest BCUT2D eigenvalue weighted by molar-refractivity contribution is 5.80. The Morgan fingerprint density at radius 3 is 2.36 bits per heavy atom. The molecule has 7 nitrogen and oxygen atoms in total. The zero-order valence-electron chi connectivity index (χ0n) is 23.6. The lowest BCUT2D eigenvalue weighted by Crippen LogP contribution is -2.10. The van der Waals surface area contributed by atoms with Crippen molar-refractivity contribution in [2.24, 2.45) is 5.92 Å². The first-order chi connectivity index (χ1) is 20.4. The topological polar surface area (TPSA) is 86.5 Å². The van der Waals surface area contributed by atoms with E-state index in [1.807, 2.05) is 74.5 Å². The third-order valence-corrected chi connectivity index (χ3v) is 7.37. The van der Waals surface area contributed by atoms with Crippen LogP contribution in [0.15, 0.2) is 89.5 Å². The Bertz CT molecular complexity index is 1730. The number of methoxy groups -OCH3 is 1. The molecule has 0 bridgehead atoms. The molecule has 1 unspecified atom stereocenters. The third kappa shape index (κ3) is 5.74. The second-order valence-electron chi connectivity index (χ2n) is 10.4. The van der Waals surface area contributed by atoms with E-state index in [-0.39, 0.29) is 23.8 Å². The first-order valence-corrected chi connectivity index (χ1v) is 13.8. The summed E-state index contributed by atoms with van der Waals surface area (Å²) in [4.78, 5) is 16.7. The van der Waals surface area contributed by atoms with E-state index >= 15 is 0 Å². The Morgan fingerprint density at radius 2 is 1.67 bits per heavy atom. The number of esters is 1. The molecule has 0 amide bonds. The van der Waals surface area contributed by atoms with Gasteiger partial charge in [-0.2, -0.15) is 0 Å². The zero-order valence-corrected chi connectivity index (χ0v) is 23.6. The normalized spacial score (nSPS) is 13.4. The highest BCUT2D eigenvalue weighted by atomic mass is 19.1. The first-order valence-electron chi connectivity index (χ1n) is 13.8. The molecule has 1 aliphatic carbocycles. The van der Waals surface area contributed by atoms with Gasteiger partial charge in [0.15, 0.2) is 5.76 Å². The fraction of sp³-hybridized carbons (Fsp3) is 0.206. The minimum absolute atomic E-state index is 0.0832. The summed E-state index contributed by atoms with van der Waals surface area (Å²) in [6.45, 7) is 3.76. The summed E-state index contributed by atoms with van der Waals surface area (Å²) in [5.41, 5.74) is 6.39. The van der Waals surface area contributed by atoms with Crippen LogP contribution in [0.1, 0.15) is 37.1 Å². The summed E-state index contributed by atoms with van der Waals surface area (Å²) in [6, 6.07) is 25.9. The van der Waals surface area contributed by atoms with E-state index < -0.39 is 0 Å². The van der Waals surface area contributed by atoms with Crippen molar-refractivity contribution in [3.05, 3.63) is 102 Å². The van der Waals surface area contributed by atoms with Crippen LogP contribution >= 0.6 is 0 Å². The number of benzene rings is 3. The number of pyridine rings is 1. The van der Waals surface area contributed by atoms with Crippen LogP contribution in [0.25, 0.3) is 33.7 Å². The number of halogens is 1. The number of hydrogen-bond donors (Lipinski definition) is 1. The Hall–Kier alpha value is -4.98. The number of aromatic nitrogens is 2. The lowest BCUT2D eigenvalue weighted by atomic mass is 10.0. The average Bonchev–Trinajstić information content (AvgIpc) is 3.81. The second-order valence-corrected chi connectivity index (χ2v) is 10.4. The number of rotatable bonds is 9. The van der Waals surface area contributed by atoms with Crippen LogP contribution in [-0.4, -0.2) is 23.2 Å². The summed E-state index contributed by atoms with van der Waals surface area (Å²) in [6.07, 6.45) is 1.59. The van der Waals surface area contributed by atoms with E-state index in [1.54, 1.807) is 19.2 Å². The van der Waals surface area contributed by atoms with Gasteiger partial charge in [0.25, 0.3) is 0 Å². The molecule has 8 heteroatoms. The molecule has 1 fully saturated rings. The summed E-state index contributed by atoms with van der Waals surface area (Å²) >= 11 is 0. The standard InChI is InChI=1S/C34H30FN3O4/c1-20-32(37-31-6-4-5-29(36-31)28-19-27(35)17-18-30(28)40-3)33(42-38-20)25-13-11-24(12-14-25)23-9-7-22(8-10-23)21(2)41-34(39)26-15-16-26/h4-14,17-19,21,26H,15-16H2,1-3H3,(H,36,37). The van der Waals surface area contributed by atoms with Crippen LogP contribution in [-0.2, 0) is 9.53 Å². The van der Waals surface area contributed by atoms with Gasteiger partial charge in [-0.15, -0.1) is 0 Å². The molecule has 5 aromatic rings. The smallest absolute Gasteiger partial charge is 0.309 e. The van der Waals surface area contributed by atoms with E-state index in [1.165, 1.54) is 12.1 Å². The van der Waals surface area contributed by atoms with Gasteiger partial charge in [-0.05, 0) is 73.7 Å². The third-order valence-electron chi connectivity index (χ3n) is 7.37. The van der Waals surface area contributed by atoms with Gasteiger partial charge < -0.3 is 19.3 Å². The van der Waals surface area contributed by atoms with Gasteiger partial charge in [0.05, 0.1) is 18.7 Å². The molecular weight excluding hydrogens is 533 g/mol. The van der Waals surface area contributed by atoms with Crippen molar-refractivity contribution >= 4 is 17.5 Å². The van der Waals surface area contributed by atoms with Gasteiger partial charge in [-0.1, -0.05) is 59.8 Å². The number of nitrogens with one attached hydrogen (secondary N) is 1. The Balaban J connectivity index is 1.20. The summed E-state index contributed by atoms with van der Waals surface area (Å²) < 4.78 is 30.7. The average molecular weight is 564 g/mol. The fourth-order valence-electron chi connectivity index (χ4n) is 4.79. The summed E-state index contributed by atoms with van der Waals surface area (Å²) in [5.74, 6) is 1.28. The van der Waals surface area contributed by atoms with Crippen molar-refractivity contribution in [3.8, 4) is 39.5 Å². The molecule has 3 aromatic carbocycles. The van der Waals surface area contributed by atoms with Crippen LogP contribution in [0.4, 0.5) is 15.9 Å². The Kier molecular flexibility index (Phi) is 7.44. The summed E-state index contributed by atoms with van der Waals surface area (Å²) in [5, 5.41) is 7.51. The fourth-order valence-corrected chi connectivity index (χ4v) is 4.79. The predicted molar refractivity (Wildman–Crippen MR) is 159 cm³/mol. The molecule has 1 atom stereocenters. The number of nitrogens with zero attached hydrogens (tertiary/aromatic N) is 2. The van der Waals surface area contributed by atoms with Crippen molar-refractivity contribution < 1.29 is 23.2 Å². The predicted octanol–water partition coefficient (Wildman–Crippen LogP) is 8.28. The monoisotopic (exact) mass is 563 g/mol. The van der Waals surface area contributed by atoms with Gasteiger partial charge in [0.1, 0.15) is 34.9 Å². The number of ether oxygens (including phenoxy) is 2. The molecule has 6 rings (SSSR count).